The molecule has 9 heteroatoms. The third-order valence-electron chi connectivity index (χ3n) is 2.35. The van der Waals surface area contributed by atoms with E-state index in [2.05, 4.69) is 20.5 Å². The van der Waals surface area contributed by atoms with Gasteiger partial charge in [-0.25, -0.2) is 4.98 Å². The van der Waals surface area contributed by atoms with E-state index >= 15 is 0 Å². The van der Waals surface area contributed by atoms with E-state index in [0.717, 1.165) is 23.9 Å². The van der Waals surface area contributed by atoms with E-state index in [1.54, 1.807) is 18.5 Å². The van der Waals surface area contributed by atoms with E-state index < -0.39 is 11.7 Å². The molecule has 0 spiro atoms. The highest BCUT2D eigenvalue weighted by atomic mass is 32.2. The Labute approximate surface area is 117 Å². The number of hydrogen-bond acceptors (Lipinski definition) is 5. The third-order valence-corrected chi connectivity index (χ3v) is 3.32. The van der Waals surface area contributed by atoms with Crippen LogP contribution < -0.4 is 5.32 Å². The molecular weight excluding hydrogens is 291 g/mol. The second-order valence-corrected chi connectivity index (χ2v) is 4.92. The van der Waals surface area contributed by atoms with Crippen LogP contribution in [-0.4, -0.2) is 26.3 Å². The second-order valence-electron chi connectivity index (χ2n) is 3.93. The summed E-state index contributed by atoms with van der Waals surface area (Å²) in [5.74, 6) is 0.187. The van der Waals surface area contributed by atoms with Crippen LogP contribution in [0.5, 0.6) is 0 Å². The zero-order valence-electron chi connectivity index (χ0n) is 10.8. The van der Waals surface area contributed by atoms with Gasteiger partial charge in [0.05, 0.1) is 5.56 Å². The fraction of sp³-hybridized carbons (Fsp3) is 0.364. The molecular formula is C11H12F3N5S. The molecule has 0 radical (unpaired) electrons. The Morgan fingerprint density at radius 1 is 1.35 bits per heavy atom. The Morgan fingerprint density at radius 3 is 2.65 bits per heavy atom. The lowest BCUT2D eigenvalue weighted by atomic mass is 10.2. The Kier molecular flexibility index (Phi) is 4.17. The molecule has 2 rings (SSSR count). The van der Waals surface area contributed by atoms with Crippen LogP contribution >= 0.6 is 11.8 Å². The normalized spacial score (nSPS) is 11.7. The minimum Gasteiger partial charge on any atom is -0.370 e. The van der Waals surface area contributed by atoms with Gasteiger partial charge in [-0.2, -0.15) is 13.2 Å². The van der Waals surface area contributed by atoms with Crippen molar-refractivity contribution < 1.29 is 13.2 Å². The van der Waals surface area contributed by atoms with E-state index in [1.165, 1.54) is 6.33 Å². The Balaban J connectivity index is 2.36. The SMILES string of the molecule is CCNc1cc(C(F)(F)F)cc(Sc2nncn2C)n1. The van der Waals surface area contributed by atoms with Gasteiger partial charge >= 0.3 is 6.18 Å². The highest BCUT2D eigenvalue weighted by molar-refractivity contribution is 7.99. The van der Waals surface area contributed by atoms with Crippen molar-refractivity contribution >= 4 is 17.6 Å². The van der Waals surface area contributed by atoms with Crippen molar-refractivity contribution in [1.82, 2.24) is 19.7 Å². The highest BCUT2D eigenvalue weighted by Crippen LogP contribution is 2.34. The first kappa shape index (κ1) is 14.6. The maximum atomic E-state index is 12.8. The number of pyridine rings is 1. The van der Waals surface area contributed by atoms with Gasteiger partial charge in [0.2, 0.25) is 0 Å². The van der Waals surface area contributed by atoms with Crippen LogP contribution in [0.2, 0.25) is 0 Å². The van der Waals surface area contributed by atoms with Gasteiger partial charge in [-0.1, -0.05) is 0 Å². The van der Waals surface area contributed by atoms with Crippen molar-refractivity contribution in [3.8, 4) is 0 Å². The van der Waals surface area contributed by atoms with Gasteiger partial charge in [-0.3, -0.25) is 0 Å². The minimum atomic E-state index is -4.41. The first-order valence-electron chi connectivity index (χ1n) is 5.75. The number of halogens is 3. The summed E-state index contributed by atoms with van der Waals surface area (Å²) in [5, 5.41) is 11.0. The van der Waals surface area contributed by atoms with Crippen molar-refractivity contribution in [1.29, 1.82) is 0 Å². The van der Waals surface area contributed by atoms with E-state index in [-0.39, 0.29) is 10.8 Å². The Hall–Kier alpha value is -1.77. The van der Waals surface area contributed by atoms with Gasteiger partial charge in [0, 0.05) is 13.6 Å². The minimum absolute atomic E-state index is 0.187. The topological polar surface area (TPSA) is 55.6 Å². The molecule has 0 saturated heterocycles. The molecule has 0 aliphatic heterocycles. The molecule has 0 atom stereocenters. The summed E-state index contributed by atoms with van der Waals surface area (Å²) >= 11 is 1.03. The zero-order chi connectivity index (χ0) is 14.8. The van der Waals surface area contributed by atoms with Crippen LogP contribution in [0.1, 0.15) is 12.5 Å². The fourth-order valence-electron chi connectivity index (χ4n) is 1.45. The van der Waals surface area contributed by atoms with Gasteiger partial charge < -0.3 is 9.88 Å². The number of aryl methyl sites for hydroxylation is 1. The summed E-state index contributed by atoms with van der Waals surface area (Å²) in [6.07, 6.45) is -2.94. The third kappa shape index (κ3) is 3.41. The highest BCUT2D eigenvalue weighted by Gasteiger charge is 2.31. The van der Waals surface area contributed by atoms with Crippen molar-refractivity contribution in [3.05, 3.63) is 24.0 Å². The lowest BCUT2D eigenvalue weighted by Crippen LogP contribution is -2.08. The van der Waals surface area contributed by atoms with Gasteiger partial charge in [0.15, 0.2) is 5.16 Å². The van der Waals surface area contributed by atoms with Crippen molar-refractivity contribution in [3.63, 3.8) is 0 Å². The molecule has 2 heterocycles. The van der Waals surface area contributed by atoms with Gasteiger partial charge in [0.1, 0.15) is 17.2 Å². The summed E-state index contributed by atoms with van der Waals surface area (Å²) in [6.45, 7) is 2.28. The van der Waals surface area contributed by atoms with Crippen LogP contribution in [0.15, 0.2) is 28.6 Å². The number of aromatic nitrogens is 4. The Morgan fingerprint density at radius 2 is 2.10 bits per heavy atom. The largest absolute Gasteiger partial charge is 0.416 e. The molecule has 0 aromatic carbocycles. The molecule has 5 nitrogen and oxygen atoms in total. The summed E-state index contributed by atoms with van der Waals surface area (Å²) < 4.78 is 40.2. The molecule has 2 aromatic rings. The summed E-state index contributed by atoms with van der Waals surface area (Å²) in [6, 6.07) is 1.99. The zero-order valence-corrected chi connectivity index (χ0v) is 11.6. The quantitative estimate of drug-likeness (QED) is 0.941. The average Bonchev–Trinajstić information content (AvgIpc) is 2.74. The van der Waals surface area contributed by atoms with E-state index in [9.17, 15) is 13.2 Å². The van der Waals surface area contributed by atoms with E-state index in [1.807, 2.05) is 0 Å². The predicted octanol–water partition coefficient (Wildman–Crippen LogP) is 2.81. The van der Waals surface area contributed by atoms with Gasteiger partial charge in [-0.05, 0) is 30.8 Å². The summed E-state index contributed by atoms with van der Waals surface area (Å²) in [4.78, 5) is 4.12. The van der Waals surface area contributed by atoms with Gasteiger partial charge in [0.25, 0.3) is 0 Å². The van der Waals surface area contributed by atoms with Crippen LogP contribution in [0, 0.1) is 0 Å². The monoisotopic (exact) mass is 303 g/mol. The molecule has 108 valence electrons. The average molecular weight is 303 g/mol. The molecule has 0 saturated carbocycles. The smallest absolute Gasteiger partial charge is 0.370 e. The first-order valence-corrected chi connectivity index (χ1v) is 6.57. The summed E-state index contributed by atoms with van der Waals surface area (Å²) in [5.41, 5.74) is -0.742. The standard InChI is InChI=1S/C11H12F3N5S/c1-3-15-8-4-7(11(12,13)14)5-9(17-8)20-10-18-16-6-19(10)2/h4-6H,3H2,1-2H3,(H,15,17). The number of hydrogen-bond donors (Lipinski definition) is 1. The summed E-state index contributed by atoms with van der Waals surface area (Å²) in [7, 11) is 1.71. The molecule has 0 aliphatic carbocycles. The molecule has 2 aromatic heterocycles. The van der Waals surface area contributed by atoms with Crippen LogP contribution in [-0.2, 0) is 13.2 Å². The number of rotatable bonds is 4. The van der Waals surface area contributed by atoms with Crippen molar-refractivity contribution in [2.24, 2.45) is 7.05 Å². The number of alkyl halides is 3. The molecule has 0 amide bonds. The van der Waals surface area contributed by atoms with E-state index in [4.69, 9.17) is 0 Å². The first-order chi connectivity index (χ1) is 9.40. The molecule has 0 unspecified atom stereocenters. The molecule has 1 N–H and O–H groups in total. The molecule has 0 bridgehead atoms. The fourth-order valence-corrected chi connectivity index (χ4v) is 2.25. The molecule has 0 fully saturated rings. The maximum absolute atomic E-state index is 12.8. The predicted molar refractivity (Wildman–Crippen MR) is 68.5 cm³/mol. The van der Waals surface area contributed by atoms with Crippen molar-refractivity contribution in [2.75, 3.05) is 11.9 Å². The molecule has 0 aliphatic rings. The lowest BCUT2D eigenvalue weighted by molar-refractivity contribution is -0.137. The van der Waals surface area contributed by atoms with Gasteiger partial charge in [-0.15, -0.1) is 10.2 Å². The van der Waals surface area contributed by atoms with Crippen LogP contribution in [0.4, 0.5) is 19.0 Å². The second kappa shape index (κ2) is 5.70. The Bertz CT molecular complexity index is 596. The lowest BCUT2D eigenvalue weighted by Gasteiger charge is -2.11. The van der Waals surface area contributed by atoms with Crippen molar-refractivity contribution in [2.45, 2.75) is 23.3 Å². The van der Waals surface area contributed by atoms with Crippen LogP contribution in [0.25, 0.3) is 0 Å². The molecule has 20 heavy (non-hydrogen) atoms. The van der Waals surface area contributed by atoms with Crippen LogP contribution in [0.3, 0.4) is 0 Å². The number of nitrogens with one attached hydrogen (secondary N) is 1. The van der Waals surface area contributed by atoms with E-state index in [0.29, 0.717) is 11.7 Å². The number of anilines is 1. The number of nitrogens with zero attached hydrogens (tertiary/aromatic N) is 4. The maximum Gasteiger partial charge on any atom is 0.416 e.